The van der Waals surface area contributed by atoms with E-state index in [9.17, 15) is 9.59 Å². The predicted octanol–water partition coefficient (Wildman–Crippen LogP) is -1.86. The van der Waals surface area contributed by atoms with E-state index in [0.29, 0.717) is 5.92 Å². The first-order valence-electron chi connectivity index (χ1n) is 6.24. The van der Waals surface area contributed by atoms with Gasteiger partial charge in [0.05, 0.1) is 0 Å². The summed E-state index contributed by atoms with van der Waals surface area (Å²) in [6, 6.07) is 0. The van der Waals surface area contributed by atoms with Crippen molar-refractivity contribution in [3.05, 3.63) is 0 Å². The van der Waals surface area contributed by atoms with E-state index in [1.54, 1.807) is 0 Å². The molecule has 2 amide bonds. The first-order valence-corrected chi connectivity index (χ1v) is 6.76. The average molecular weight is 279 g/mol. The maximum atomic E-state index is 12.3. The fraction of sp³-hybridized carbons (Fsp3) is 0.833. The molecule has 3 unspecified atom stereocenters. The number of hydrogen-bond acceptors (Lipinski definition) is 3. The van der Waals surface area contributed by atoms with Gasteiger partial charge in [-0.15, -0.1) is 12.6 Å². The minimum absolute atomic E-state index is 0. The van der Waals surface area contributed by atoms with Crippen LogP contribution >= 0.6 is 12.6 Å². The van der Waals surface area contributed by atoms with Crippen LogP contribution in [-0.4, -0.2) is 17.3 Å². The molecule has 0 bridgehead atoms. The Bertz CT molecular complexity index is 346. The van der Waals surface area contributed by atoms with Crippen molar-refractivity contribution in [2.45, 2.75) is 39.1 Å². The molecule has 0 aromatic rings. The minimum atomic E-state index is -0.882. The van der Waals surface area contributed by atoms with Gasteiger partial charge >= 0.3 is 29.6 Å². The van der Waals surface area contributed by atoms with Crippen molar-refractivity contribution in [3.8, 4) is 0 Å². The Morgan fingerprint density at radius 3 is 2.22 bits per heavy atom. The molecule has 0 aromatic carbocycles. The van der Waals surface area contributed by atoms with Crippen molar-refractivity contribution < 1.29 is 39.1 Å². The molecule has 6 heteroatoms. The molecule has 0 aromatic heterocycles. The van der Waals surface area contributed by atoms with Gasteiger partial charge in [0.1, 0.15) is 10.9 Å². The van der Waals surface area contributed by atoms with Gasteiger partial charge in [0.2, 0.25) is 11.8 Å². The van der Waals surface area contributed by atoms with E-state index in [-0.39, 0.29) is 53.2 Å². The molecule has 1 aliphatic carbocycles. The van der Waals surface area contributed by atoms with Gasteiger partial charge in [0, 0.05) is 0 Å². The van der Waals surface area contributed by atoms with Crippen LogP contribution in [0.3, 0.4) is 0 Å². The number of nitrogens with one attached hydrogen (secondary N) is 2. The van der Waals surface area contributed by atoms with Crippen LogP contribution < -0.4 is 40.2 Å². The molecule has 0 radical (unpaired) electrons. The van der Waals surface area contributed by atoms with Crippen molar-refractivity contribution >= 4 is 24.4 Å². The zero-order chi connectivity index (χ0) is 12.8. The van der Waals surface area contributed by atoms with E-state index in [2.05, 4.69) is 30.2 Å². The molecule has 2 aliphatic rings. The molecule has 2 fully saturated rings. The molecule has 2 rings (SSSR count). The van der Waals surface area contributed by atoms with E-state index in [1.807, 2.05) is 13.8 Å². The Labute approximate surface area is 136 Å². The second-order valence-corrected chi connectivity index (χ2v) is 5.86. The average Bonchev–Trinajstić information content (AvgIpc) is 2.47. The van der Waals surface area contributed by atoms with Gasteiger partial charge in [-0.3, -0.25) is 9.59 Å². The molecule has 2 N–H and O–H groups in total. The molecular weight excluding hydrogens is 259 g/mol. The standard InChI is InChI=1S/C12H20N2O2S.Na/c1-4-8-6(2)5-7(3)12(8)9(15)13-11(17)14-10(12)16;/h6-8,11,17H,4-5H2,1-3H3,(H,13,15)(H,14,16);/q;+1. The molecule has 96 valence electrons. The van der Waals surface area contributed by atoms with Crippen LogP contribution in [-0.2, 0) is 9.59 Å². The van der Waals surface area contributed by atoms with Crippen molar-refractivity contribution in [2.75, 3.05) is 0 Å². The Morgan fingerprint density at radius 2 is 1.78 bits per heavy atom. The molecule has 1 spiro atoms. The molecule has 1 saturated heterocycles. The SMILES string of the molecule is CCC1C(C)CC(C)C12C(=O)NC(S)NC2=O.[Na+]. The monoisotopic (exact) mass is 279 g/mol. The van der Waals surface area contributed by atoms with Crippen LogP contribution in [0.25, 0.3) is 0 Å². The summed E-state index contributed by atoms with van der Waals surface area (Å²) in [5.41, 5.74) is -1.44. The van der Waals surface area contributed by atoms with Gasteiger partial charge in [-0.1, -0.05) is 27.2 Å². The predicted molar refractivity (Wildman–Crippen MR) is 68.2 cm³/mol. The fourth-order valence-electron chi connectivity index (χ4n) is 3.86. The zero-order valence-corrected chi connectivity index (χ0v) is 14.4. The maximum Gasteiger partial charge on any atom is 1.00 e. The summed E-state index contributed by atoms with van der Waals surface area (Å²) in [6.07, 6.45) is 1.78. The summed E-state index contributed by atoms with van der Waals surface area (Å²) in [5, 5.41) is 5.50. The zero-order valence-electron chi connectivity index (χ0n) is 11.5. The maximum absolute atomic E-state index is 12.3. The Morgan fingerprint density at radius 1 is 1.28 bits per heavy atom. The summed E-state index contributed by atoms with van der Waals surface area (Å²) in [4.78, 5) is 24.7. The van der Waals surface area contributed by atoms with Crippen LogP contribution in [0.1, 0.15) is 33.6 Å². The summed E-state index contributed by atoms with van der Waals surface area (Å²) >= 11 is 4.10. The van der Waals surface area contributed by atoms with E-state index >= 15 is 0 Å². The number of carbonyl (C=O) groups is 2. The smallest absolute Gasteiger partial charge is 0.327 e. The molecule has 1 heterocycles. The summed E-state index contributed by atoms with van der Waals surface area (Å²) in [5.74, 6) is 0.319. The topological polar surface area (TPSA) is 58.2 Å². The third kappa shape index (κ3) is 2.13. The molecule has 1 aliphatic heterocycles. The van der Waals surface area contributed by atoms with Crippen molar-refractivity contribution in [2.24, 2.45) is 23.2 Å². The number of amides is 2. The second kappa shape index (κ2) is 5.73. The third-order valence-corrected chi connectivity index (χ3v) is 4.76. The van der Waals surface area contributed by atoms with Crippen LogP contribution in [0.2, 0.25) is 0 Å². The summed E-state index contributed by atoms with van der Waals surface area (Å²) < 4.78 is 0. The number of carbonyl (C=O) groups excluding carboxylic acids is 2. The molecule has 18 heavy (non-hydrogen) atoms. The van der Waals surface area contributed by atoms with Gasteiger partial charge in [0.25, 0.3) is 0 Å². The second-order valence-electron chi connectivity index (χ2n) is 5.35. The molecule has 4 nitrogen and oxygen atoms in total. The Kier molecular flexibility index (Phi) is 5.21. The van der Waals surface area contributed by atoms with Crippen molar-refractivity contribution in [3.63, 3.8) is 0 Å². The van der Waals surface area contributed by atoms with Crippen molar-refractivity contribution in [1.29, 1.82) is 0 Å². The Balaban J connectivity index is 0.00000162. The summed E-state index contributed by atoms with van der Waals surface area (Å²) in [6.45, 7) is 6.19. The van der Waals surface area contributed by atoms with Crippen LogP contribution in [0.4, 0.5) is 0 Å². The quantitative estimate of drug-likeness (QED) is 0.299. The van der Waals surface area contributed by atoms with E-state index in [1.165, 1.54) is 0 Å². The van der Waals surface area contributed by atoms with E-state index < -0.39 is 10.9 Å². The number of hydrogen-bond donors (Lipinski definition) is 3. The van der Waals surface area contributed by atoms with E-state index in [0.717, 1.165) is 12.8 Å². The number of rotatable bonds is 1. The largest absolute Gasteiger partial charge is 1.00 e. The fourth-order valence-corrected chi connectivity index (χ4v) is 4.09. The van der Waals surface area contributed by atoms with E-state index in [4.69, 9.17) is 0 Å². The first-order chi connectivity index (χ1) is 7.94. The van der Waals surface area contributed by atoms with Crippen LogP contribution in [0.15, 0.2) is 0 Å². The van der Waals surface area contributed by atoms with Gasteiger partial charge < -0.3 is 10.6 Å². The van der Waals surface area contributed by atoms with Gasteiger partial charge in [-0.05, 0) is 24.2 Å². The minimum Gasteiger partial charge on any atom is -0.327 e. The number of thiol groups is 1. The summed E-state index contributed by atoms with van der Waals surface area (Å²) in [7, 11) is 0. The first kappa shape index (κ1) is 16.3. The molecular formula is C12H20N2NaO2S+. The Hall–Kier alpha value is 0.290. The molecule has 3 atom stereocenters. The van der Waals surface area contributed by atoms with Crippen molar-refractivity contribution in [1.82, 2.24) is 10.6 Å². The third-order valence-electron chi connectivity index (χ3n) is 4.50. The molecule has 1 saturated carbocycles. The van der Waals surface area contributed by atoms with Gasteiger partial charge in [-0.2, -0.15) is 0 Å². The van der Waals surface area contributed by atoms with Crippen LogP contribution in [0.5, 0.6) is 0 Å². The van der Waals surface area contributed by atoms with Crippen LogP contribution in [0, 0.1) is 23.2 Å². The van der Waals surface area contributed by atoms with Gasteiger partial charge in [0.15, 0.2) is 0 Å². The normalized spacial score (nSPS) is 43.3. The van der Waals surface area contributed by atoms with Gasteiger partial charge in [-0.25, -0.2) is 0 Å².